The van der Waals surface area contributed by atoms with Gasteiger partial charge in [-0.1, -0.05) is 158 Å². The lowest BCUT2D eigenvalue weighted by Gasteiger charge is -2.34. The molecule has 10 aromatic rings. The maximum absolute atomic E-state index is 6.90. The zero-order chi connectivity index (χ0) is 36.3. The molecule has 1 aliphatic carbocycles. The van der Waals surface area contributed by atoms with Crippen LogP contribution in [0, 0.1) is 0 Å². The summed E-state index contributed by atoms with van der Waals surface area (Å²) in [7, 11) is 0. The first-order valence-corrected chi connectivity index (χ1v) is 18.9. The van der Waals surface area contributed by atoms with Gasteiger partial charge in [0, 0.05) is 33.4 Å². The van der Waals surface area contributed by atoms with Crippen molar-refractivity contribution in [2.24, 2.45) is 0 Å². The third-order valence-corrected chi connectivity index (χ3v) is 11.5. The Balaban J connectivity index is 1.15. The molecular weight excluding hydrogens is 667 g/mol. The molecule has 0 amide bonds. The molecule has 0 atom stereocenters. The summed E-state index contributed by atoms with van der Waals surface area (Å²) in [5, 5.41) is 4.76. The molecule has 0 aliphatic heterocycles. The fourth-order valence-electron chi connectivity index (χ4n) is 9.08. The van der Waals surface area contributed by atoms with E-state index in [1.165, 1.54) is 55.3 Å². The number of hydrogen-bond acceptors (Lipinski definition) is 2. The first kappa shape index (κ1) is 31.4. The molecule has 11 rings (SSSR count). The zero-order valence-electron chi connectivity index (χ0n) is 30.1. The van der Waals surface area contributed by atoms with Gasteiger partial charge in [0.2, 0.25) is 0 Å². The van der Waals surface area contributed by atoms with Crippen LogP contribution in [0.4, 0.5) is 17.1 Å². The lowest BCUT2D eigenvalue weighted by Crippen LogP contribution is -2.29. The number of furan rings is 1. The standard InChI is InChI=1S/C53H35NO/c1-4-16-40(17-5-1)53(41-18-6-2-7-19-41)49-35-44(30-31-45(49)47-32-33-48-46-22-12-13-23-50(46)55-52(48)51(47)53)54(42-20-8-3-9-21-42)43-28-26-37(27-29-43)39-25-24-36-14-10-11-15-38(36)34-39/h1-35H. The molecule has 0 N–H and O–H groups in total. The first-order valence-electron chi connectivity index (χ1n) is 18.9. The Kier molecular flexibility index (Phi) is 7.11. The van der Waals surface area contributed by atoms with Gasteiger partial charge in [0.15, 0.2) is 0 Å². The van der Waals surface area contributed by atoms with Gasteiger partial charge in [-0.25, -0.2) is 0 Å². The van der Waals surface area contributed by atoms with Crippen LogP contribution >= 0.6 is 0 Å². The molecule has 9 aromatic carbocycles. The lowest BCUT2D eigenvalue weighted by molar-refractivity contribution is 0.650. The van der Waals surface area contributed by atoms with Gasteiger partial charge in [-0.3, -0.25) is 0 Å². The van der Waals surface area contributed by atoms with E-state index >= 15 is 0 Å². The van der Waals surface area contributed by atoms with Crippen LogP contribution in [-0.4, -0.2) is 0 Å². The Labute approximate surface area is 320 Å². The zero-order valence-corrected chi connectivity index (χ0v) is 30.1. The Bertz CT molecular complexity index is 2980. The van der Waals surface area contributed by atoms with Gasteiger partial charge in [-0.05, 0) is 104 Å². The van der Waals surface area contributed by atoms with Crippen LogP contribution in [0.1, 0.15) is 22.3 Å². The molecule has 0 fully saturated rings. The summed E-state index contributed by atoms with van der Waals surface area (Å²) in [5.41, 5.74) is 14.1. The predicted molar refractivity (Wildman–Crippen MR) is 229 cm³/mol. The molecule has 2 nitrogen and oxygen atoms in total. The van der Waals surface area contributed by atoms with E-state index in [0.717, 1.165) is 39.0 Å². The van der Waals surface area contributed by atoms with Crippen LogP contribution in [-0.2, 0) is 5.41 Å². The number of anilines is 3. The Morgan fingerprint density at radius 2 is 0.964 bits per heavy atom. The number of hydrogen-bond donors (Lipinski definition) is 0. The van der Waals surface area contributed by atoms with Gasteiger partial charge in [0.05, 0.1) is 5.41 Å². The highest BCUT2D eigenvalue weighted by Crippen LogP contribution is 2.59. The second-order valence-electron chi connectivity index (χ2n) is 14.5. The molecule has 1 heterocycles. The van der Waals surface area contributed by atoms with E-state index in [-0.39, 0.29) is 0 Å². The summed E-state index contributed by atoms with van der Waals surface area (Å²) in [4.78, 5) is 2.38. The molecular formula is C53H35NO. The third-order valence-electron chi connectivity index (χ3n) is 11.5. The fourth-order valence-corrected chi connectivity index (χ4v) is 9.08. The van der Waals surface area contributed by atoms with E-state index in [1.54, 1.807) is 0 Å². The maximum Gasteiger partial charge on any atom is 0.140 e. The summed E-state index contributed by atoms with van der Waals surface area (Å²) in [6, 6.07) is 76.9. The SMILES string of the molecule is c1ccc(N(c2ccc(-c3ccc4ccccc4c3)cc2)c2ccc3c(c2)C(c2ccccc2)(c2ccccc2)c2c-3ccc3c2oc2ccccc23)cc1. The van der Waals surface area contributed by atoms with Crippen molar-refractivity contribution in [1.29, 1.82) is 0 Å². The first-order chi connectivity index (χ1) is 27.3. The molecule has 0 radical (unpaired) electrons. The summed E-state index contributed by atoms with van der Waals surface area (Å²) in [6.07, 6.45) is 0. The molecule has 258 valence electrons. The Morgan fingerprint density at radius 3 is 1.71 bits per heavy atom. The van der Waals surface area contributed by atoms with Gasteiger partial charge in [-0.2, -0.15) is 0 Å². The van der Waals surface area contributed by atoms with E-state index in [9.17, 15) is 0 Å². The highest BCUT2D eigenvalue weighted by Gasteiger charge is 2.48. The summed E-state index contributed by atoms with van der Waals surface area (Å²) < 4.78 is 6.90. The predicted octanol–water partition coefficient (Wildman–Crippen LogP) is 14.2. The Hall–Kier alpha value is -7.16. The van der Waals surface area contributed by atoms with Crippen LogP contribution in [0.15, 0.2) is 217 Å². The monoisotopic (exact) mass is 701 g/mol. The van der Waals surface area contributed by atoms with E-state index < -0.39 is 5.41 Å². The van der Waals surface area contributed by atoms with Gasteiger partial charge in [-0.15, -0.1) is 0 Å². The Morgan fingerprint density at radius 1 is 0.382 bits per heavy atom. The van der Waals surface area contributed by atoms with Crippen LogP contribution in [0.2, 0.25) is 0 Å². The van der Waals surface area contributed by atoms with E-state index in [0.29, 0.717) is 0 Å². The van der Waals surface area contributed by atoms with Gasteiger partial charge >= 0.3 is 0 Å². The quantitative estimate of drug-likeness (QED) is 0.172. The van der Waals surface area contributed by atoms with E-state index in [1.807, 2.05) is 0 Å². The lowest BCUT2D eigenvalue weighted by atomic mass is 9.67. The maximum atomic E-state index is 6.90. The summed E-state index contributed by atoms with van der Waals surface area (Å²) in [6.45, 7) is 0. The average Bonchev–Trinajstić information content (AvgIpc) is 3.79. The van der Waals surface area contributed by atoms with E-state index in [4.69, 9.17) is 4.42 Å². The van der Waals surface area contributed by atoms with Gasteiger partial charge in [0.25, 0.3) is 0 Å². The van der Waals surface area contributed by atoms with Crippen LogP contribution < -0.4 is 4.90 Å². The normalized spacial score (nSPS) is 12.9. The van der Waals surface area contributed by atoms with Crippen molar-refractivity contribution in [3.8, 4) is 22.3 Å². The van der Waals surface area contributed by atoms with Crippen molar-refractivity contribution >= 4 is 49.8 Å². The molecule has 2 heteroatoms. The van der Waals surface area contributed by atoms with Crippen LogP contribution in [0.25, 0.3) is 55.0 Å². The topological polar surface area (TPSA) is 16.4 Å². The van der Waals surface area contributed by atoms with Crippen molar-refractivity contribution in [2.75, 3.05) is 4.90 Å². The molecule has 0 saturated carbocycles. The number of rotatable bonds is 6. The van der Waals surface area contributed by atoms with Crippen molar-refractivity contribution in [1.82, 2.24) is 0 Å². The highest BCUT2D eigenvalue weighted by molar-refractivity contribution is 6.10. The second kappa shape index (κ2) is 12.5. The van der Waals surface area contributed by atoms with E-state index in [2.05, 4.69) is 217 Å². The molecule has 0 saturated heterocycles. The van der Waals surface area contributed by atoms with Crippen molar-refractivity contribution in [2.45, 2.75) is 5.41 Å². The third kappa shape index (κ3) is 4.82. The second-order valence-corrected chi connectivity index (χ2v) is 14.5. The molecule has 55 heavy (non-hydrogen) atoms. The smallest absolute Gasteiger partial charge is 0.140 e. The van der Waals surface area contributed by atoms with Crippen LogP contribution in [0.3, 0.4) is 0 Å². The molecule has 1 aliphatic rings. The molecule has 1 aromatic heterocycles. The molecule has 0 bridgehead atoms. The highest BCUT2D eigenvalue weighted by atomic mass is 16.3. The average molecular weight is 702 g/mol. The summed E-state index contributed by atoms with van der Waals surface area (Å²) >= 11 is 0. The molecule has 0 unspecified atom stereocenters. The number of nitrogens with zero attached hydrogens (tertiary/aromatic N) is 1. The van der Waals surface area contributed by atoms with Crippen molar-refractivity contribution in [3.63, 3.8) is 0 Å². The number of benzene rings is 9. The number of para-hydroxylation sites is 2. The minimum absolute atomic E-state index is 0.640. The fraction of sp³-hybridized carbons (Fsp3) is 0.0189. The minimum Gasteiger partial charge on any atom is -0.456 e. The van der Waals surface area contributed by atoms with Gasteiger partial charge < -0.3 is 9.32 Å². The van der Waals surface area contributed by atoms with Crippen molar-refractivity contribution in [3.05, 3.63) is 235 Å². The number of fused-ring (bicyclic) bond motifs is 8. The molecule has 0 spiro atoms. The van der Waals surface area contributed by atoms with Gasteiger partial charge in [0.1, 0.15) is 11.2 Å². The minimum atomic E-state index is -0.640. The summed E-state index contributed by atoms with van der Waals surface area (Å²) in [5.74, 6) is 0. The van der Waals surface area contributed by atoms with Crippen molar-refractivity contribution < 1.29 is 4.42 Å². The largest absolute Gasteiger partial charge is 0.456 e. The van der Waals surface area contributed by atoms with Crippen LogP contribution in [0.5, 0.6) is 0 Å².